The van der Waals surface area contributed by atoms with Gasteiger partial charge < -0.3 is 9.64 Å². The summed E-state index contributed by atoms with van der Waals surface area (Å²) in [6, 6.07) is 5.43. The zero-order valence-electron chi connectivity index (χ0n) is 14.8. The van der Waals surface area contributed by atoms with E-state index in [1.807, 2.05) is 17.9 Å². The minimum Gasteiger partial charge on any atom is -0.495 e. The number of methoxy groups -OCH3 is 1. The Morgan fingerprint density at radius 3 is 2.68 bits per heavy atom. The van der Waals surface area contributed by atoms with E-state index in [0.717, 1.165) is 18.4 Å². The van der Waals surface area contributed by atoms with Gasteiger partial charge in [-0.25, -0.2) is 13.1 Å². The average Bonchev–Trinajstić information content (AvgIpc) is 3.22. The highest BCUT2D eigenvalue weighted by Gasteiger charge is 2.36. The molecule has 138 valence electrons. The number of nitrogens with zero attached hydrogens (tertiary/aromatic N) is 1. The normalized spacial score (nSPS) is 21.9. The second kappa shape index (κ2) is 7.33. The van der Waals surface area contributed by atoms with Crippen molar-refractivity contribution >= 4 is 15.9 Å². The Morgan fingerprint density at radius 2 is 2.00 bits per heavy atom. The maximum atomic E-state index is 12.7. The lowest BCUT2D eigenvalue weighted by atomic mass is 10.1. The smallest absolute Gasteiger partial charge is 0.244 e. The molecule has 3 rings (SSSR count). The van der Waals surface area contributed by atoms with Crippen LogP contribution in [0.25, 0.3) is 0 Å². The second-order valence-corrected chi connectivity index (χ2v) is 8.80. The highest BCUT2D eigenvalue weighted by Crippen LogP contribution is 2.30. The number of carbonyl (C=O) groups excluding carboxylic acids is 1. The van der Waals surface area contributed by atoms with Gasteiger partial charge in [0.25, 0.3) is 0 Å². The number of carbonyl (C=O) groups is 1. The number of likely N-dealkylation sites (tertiary alicyclic amines) is 1. The number of rotatable bonds is 6. The molecule has 7 heteroatoms. The van der Waals surface area contributed by atoms with Gasteiger partial charge in [-0.05, 0) is 43.4 Å². The molecular formula is C18H26N2O4S. The number of sulfonamides is 1. The van der Waals surface area contributed by atoms with Gasteiger partial charge in [-0.2, -0.15) is 0 Å². The zero-order chi connectivity index (χ0) is 18.0. The van der Waals surface area contributed by atoms with E-state index in [4.69, 9.17) is 4.74 Å². The maximum absolute atomic E-state index is 12.7. The average molecular weight is 366 g/mol. The van der Waals surface area contributed by atoms with E-state index in [-0.39, 0.29) is 23.3 Å². The van der Waals surface area contributed by atoms with Crippen LogP contribution >= 0.6 is 0 Å². The first-order valence-corrected chi connectivity index (χ1v) is 10.3. The predicted octanol–water partition coefficient (Wildman–Crippen LogP) is 2.07. The van der Waals surface area contributed by atoms with Crippen molar-refractivity contribution in [2.75, 3.05) is 20.2 Å². The minimum absolute atomic E-state index is 0.0266. The summed E-state index contributed by atoms with van der Waals surface area (Å²) >= 11 is 0. The van der Waals surface area contributed by atoms with Crippen molar-refractivity contribution in [3.63, 3.8) is 0 Å². The van der Waals surface area contributed by atoms with Gasteiger partial charge in [0.05, 0.1) is 7.11 Å². The van der Waals surface area contributed by atoms with Crippen molar-refractivity contribution in [2.24, 2.45) is 5.92 Å². The molecule has 25 heavy (non-hydrogen) atoms. The molecule has 1 unspecified atom stereocenters. The van der Waals surface area contributed by atoms with Gasteiger partial charge in [0, 0.05) is 25.6 Å². The van der Waals surface area contributed by atoms with Crippen LogP contribution in [-0.2, 0) is 14.8 Å². The topological polar surface area (TPSA) is 75.7 Å². The van der Waals surface area contributed by atoms with Crippen LogP contribution in [0.3, 0.4) is 0 Å². The Morgan fingerprint density at radius 1 is 1.28 bits per heavy atom. The van der Waals surface area contributed by atoms with E-state index >= 15 is 0 Å². The van der Waals surface area contributed by atoms with Crippen LogP contribution in [0.4, 0.5) is 0 Å². The summed E-state index contributed by atoms with van der Waals surface area (Å²) in [7, 11) is -2.21. The van der Waals surface area contributed by atoms with Crippen LogP contribution in [-0.4, -0.2) is 45.5 Å². The van der Waals surface area contributed by atoms with Crippen LogP contribution in [0.2, 0.25) is 0 Å². The molecule has 0 spiro atoms. The second-order valence-electron chi connectivity index (χ2n) is 7.06. The summed E-state index contributed by atoms with van der Waals surface area (Å²) in [5.74, 6) is 0.510. The third kappa shape index (κ3) is 3.98. The zero-order valence-corrected chi connectivity index (χ0v) is 15.6. The summed E-state index contributed by atoms with van der Waals surface area (Å²) in [6.45, 7) is 2.76. The van der Waals surface area contributed by atoms with Crippen LogP contribution in [0.15, 0.2) is 23.1 Å². The first-order valence-electron chi connectivity index (χ1n) is 8.84. The number of ether oxygens (including phenoxy) is 1. The number of hydrogen-bond acceptors (Lipinski definition) is 4. The van der Waals surface area contributed by atoms with E-state index in [1.165, 1.54) is 20.0 Å². The largest absolute Gasteiger partial charge is 0.495 e. The third-order valence-electron chi connectivity index (χ3n) is 5.17. The van der Waals surface area contributed by atoms with E-state index in [2.05, 4.69) is 4.72 Å². The standard InChI is InChI=1S/C18H26N2O4S/c1-13-7-8-16(24-2)17(9-13)25(22,23)19-11-14-10-18(21)20(12-14)15-5-3-4-6-15/h7-9,14-15,19H,3-6,10-12H2,1-2H3. The summed E-state index contributed by atoms with van der Waals surface area (Å²) in [6.07, 6.45) is 4.93. The monoisotopic (exact) mass is 366 g/mol. The first kappa shape index (κ1) is 18.2. The summed E-state index contributed by atoms with van der Waals surface area (Å²) in [5.41, 5.74) is 0.852. The van der Waals surface area contributed by atoms with Crippen LogP contribution in [0.5, 0.6) is 5.75 Å². The first-order chi connectivity index (χ1) is 11.9. The Bertz CT molecular complexity index is 741. The lowest BCUT2D eigenvalue weighted by molar-refractivity contribution is -0.129. The van der Waals surface area contributed by atoms with E-state index < -0.39 is 10.0 Å². The quantitative estimate of drug-likeness (QED) is 0.836. The molecule has 1 aromatic rings. The van der Waals surface area contributed by atoms with Crippen molar-refractivity contribution in [1.29, 1.82) is 0 Å². The number of aryl methyl sites for hydroxylation is 1. The molecular weight excluding hydrogens is 340 g/mol. The molecule has 0 radical (unpaired) electrons. The minimum atomic E-state index is -3.67. The molecule has 6 nitrogen and oxygen atoms in total. The van der Waals surface area contributed by atoms with E-state index in [0.29, 0.717) is 24.8 Å². The van der Waals surface area contributed by atoms with Crippen molar-refractivity contribution in [3.05, 3.63) is 23.8 Å². The van der Waals surface area contributed by atoms with Crippen molar-refractivity contribution in [2.45, 2.75) is 50.0 Å². The molecule has 1 amide bonds. The molecule has 2 fully saturated rings. The van der Waals surface area contributed by atoms with Gasteiger partial charge in [-0.3, -0.25) is 4.79 Å². The van der Waals surface area contributed by atoms with Gasteiger partial charge in [0.1, 0.15) is 10.6 Å². The molecule has 0 aromatic heterocycles. The molecule has 1 aliphatic carbocycles. The number of hydrogen-bond donors (Lipinski definition) is 1. The van der Waals surface area contributed by atoms with Gasteiger partial charge >= 0.3 is 0 Å². The van der Waals surface area contributed by atoms with Gasteiger partial charge in [-0.15, -0.1) is 0 Å². The summed E-state index contributed by atoms with van der Waals surface area (Å²) in [5, 5.41) is 0. The molecule has 2 aliphatic rings. The van der Waals surface area contributed by atoms with Crippen molar-refractivity contribution < 1.29 is 17.9 Å². The molecule has 1 saturated carbocycles. The fourth-order valence-electron chi connectivity index (χ4n) is 3.81. The summed E-state index contributed by atoms with van der Waals surface area (Å²) in [4.78, 5) is 14.3. The molecule has 1 aliphatic heterocycles. The van der Waals surface area contributed by atoms with E-state index in [1.54, 1.807) is 12.1 Å². The maximum Gasteiger partial charge on any atom is 0.244 e. The SMILES string of the molecule is COc1ccc(C)cc1S(=O)(=O)NCC1CC(=O)N(C2CCCC2)C1. The Labute approximate surface area is 149 Å². The molecule has 0 bridgehead atoms. The summed E-state index contributed by atoms with van der Waals surface area (Å²) < 4.78 is 33.1. The Kier molecular flexibility index (Phi) is 5.34. The molecule has 1 N–H and O–H groups in total. The van der Waals surface area contributed by atoms with Crippen LogP contribution in [0.1, 0.15) is 37.7 Å². The number of benzene rings is 1. The molecule has 1 saturated heterocycles. The van der Waals surface area contributed by atoms with Gasteiger partial charge in [0.2, 0.25) is 15.9 Å². The lowest BCUT2D eigenvalue weighted by Gasteiger charge is -2.24. The highest BCUT2D eigenvalue weighted by molar-refractivity contribution is 7.89. The van der Waals surface area contributed by atoms with Crippen LogP contribution < -0.4 is 9.46 Å². The van der Waals surface area contributed by atoms with E-state index in [9.17, 15) is 13.2 Å². The fraction of sp³-hybridized carbons (Fsp3) is 0.611. The van der Waals surface area contributed by atoms with Crippen molar-refractivity contribution in [3.8, 4) is 5.75 Å². The fourth-order valence-corrected chi connectivity index (χ4v) is 5.18. The Hall–Kier alpha value is -1.60. The third-order valence-corrected chi connectivity index (χ3v) is 6.62. The lowest BCUT2D eigenvalue weighted by Crippen LogP contribution is -2.36. The van der Waals surface area contributed by atoms with Gasteiger partial charge in [-0.1, -0.05) is 18.9 Å². The Balaban J connectivity index is 1.65. The molecule has 1 aromatic carbocycles. The number of nitrogens with one attached hydrogen (secondary N) is 1. The molecule has 1 heterocycles. The number of amides is 1. The predicted molar refractivity (Wildman–Crippen MR) is 95.0 cm³/mol. The van der Waals surface area contributed by atoms with Gasteiger partial charge in [0.15, 0.2) is 0 Å². The highest BCUT2D eigenvalue weighted by atomic mass is 32.2. The molecule has 1 atom stereocenters. The van der Waals surface area contributed by atoms with Crippen LogP contribution in [0, 0.1) is 12.8 Å². The van der Waals surface area contributed by atoms with Crippen molar-refractivity contribution in [1.82, 2.24) is 9.62 Å².